The first-order valence-corrected chi connectivity index (χ1v) is 6.33. The second-order valence-electron chi connectivity index (χ2n) is 2.62. The number of hydrogen-bond acceptors (Lipinski definition) is 4. The summed E-state index contributed by atoms with van der Waals surface area (Å²) < 4.78 is 30.7. The molecular formula is C9H5Cl2NO4S. The minimum absolute atomic E-state index is 0.0894. The third kappa shape index (κ3) is 3.57. The molecule has 0 aliphatic carbocycles. The van der Waals surface area contributed by atoms with Crippen LogP contribution in [0.15, 0.2) is 44.3 Å². The Labute approximate surface area is 107 Å². The fraction of sp³-hybridized carbons (Fsp3) is 0. The molecule has 1 aromatic carbocycles. The number of halogens is 2. The molecule has 0 aliphatic rings. The number of para-hydroxylation sites is 1. The standard InChI is InChI=1S/C9H5Cl2NO4S/c10-5-9(11)16-7-3-1-2-4-8(7)17(14,15)12-6-13/h1-5H/b9-5+. The van der Waals surface area contributed by atoms with Crippen LogP contribution in [-0.4, -0.2) is 14.5 Å². The van der Waals surface area contributed by atoms with Crippen molar-refractivity contribution in [2.24, 2.45) is 4.40 Å². The molecule has 0 spiro atoms. The van der Waals surface area contributed by atoms with Gasteiger partial charge in [-0.15, -0.1) is 0 Å². The maximum atomic E-state index is 11.5. The van der Waals surface area contributed by atoms with E-state index in [1.54, 1.807) is 0 Å². The van der Waals surface area contributed by atoms with Gasteiger partial charge in [0.05, 0.1) is 5.54 Å². The molecule has 90 valence electrons. The van der Waals surface area contributed by atoms with E-state index in [1.807, 2.05) is 0 Å². The molecule has 0 atom stereocenters. The van der Waals surface area contributed by atoms with E-state index in [0.29, 0.717) is 0 Å². The van der Waals surface area contributed by atoms with Crippen LogP contribution in [0, 0.1) is 0 Å². The number of hydrogen-bond donors (Lipinski definition) is 0. The zero-order valence-corrected chi connectivity index (χ0v) is 10.5. The van der Waals surface area contributed by atoms with Crippen molar-refractivity contribution >= 4 is 39.3 Å². The number of isocyanates is 1. The first-order valence-electron chi connectivity index (χ1n) is 4.08. The average Bonchev–Trinajstić information content (AvgIpc) is 2.29. The summed E-state index contributed by atoms with van der Waals surface area (Å²) in [7, 11) is -4.15. The van der Waals surface area contributed by atoms with Gasteiger partial charge in [-0.1, -0.05) is 28.1 Å². The number of ether oxygens (including phenoxy) is 1. The number of benzene rings is 1. The van der Waals surface area contributed by atoms with E-state index in [2.05, 4.69) is 4.40 Å². The van der Waals surface area contributed by atoms with Gasteiger partial charge in [-0.3, -0.25) is 0 Å². The second kappa shape index (κ2) is 5.84. The quantitative estimate of drug-likeness (QED) is 0.485. The van der Waals surface area contributed by atoms with Crippen LogP contribution >= 0.6 is 23.2 Å². The van der Waals surface area contributed by atoms with Crippen molar-refractivity contribution in [2.75, 3.05) is 0 Å². The monoisotopic (exact) mass is 293 g/mol. The van der Waals surface area contributed by atoms with Gasteiger partial charge in [-0.25, -0.2) is 4.79 Å². The molecule has 0 radical (unpaired) electrons. The molecule has 0 fully saturated rings. The Morgan fingerprint density at radius 1 is 1.41 bits per heavy atom. The van der Waals surface area contributed by atoms with Gasteiger partial charge in [0.25, 0.3) is 16.1 Å². The minimum Gasteiger partial charge on any atom is -0.443 e. The van der Waals surface area contributed by atoms with Crippen molar-refractivity contribution in [1.82, 2.24) is 0 Å². The maximum Gasteiger partial charge on any atom is 0.296 e. The predicted octanol–water partition coefficient (Wildman–Crippen LogP) is 2.37. The Bertz CT molecular complexity index is 591. The molecule has 0 unspecified atom stereocenters. The third-order valence-electron chi connectivity index (χ3n) is 1.58. The lowest BCUT2D eigenvalue weighted by molar-refractivity contribution is 0.449. The highest BCUT2D eigenvalue weighted by Gasteiger charge is 2.19. The summed E-state index contributed by atoms with van der Waals surface area (Å²) in [5.74, 6) is -0.0894. The summed E-state index contributed by atoms with van der Waals surface area (Å²) in [6, 6.07) is 5.52. The highest BCUT2D eigenvalue weighted by atomic mass is 35.5. The predicted molar refractivity (Wildman–Crippen MR) is 62.2 cm³/mol. The van der Waals surface area contributed by atoms with E-state index in [9.17, 15) is 13.2 Å². The molecule has 1 aromatic rings. The average molecular weight is 294 g/mol. The third-order valence-corrected chi connectivity index (χ3v) is 3.28. The second-order valence-corrected chi connectivity index (χ2v) is 4.78. The van der Waals surface area contributed by atoms with Crippen LogP contribution in [0.1, 0.15) is 0 Å². The molecule has 0 N–H and O–H groups in total. The Kier molecular flexibility index (Phi) is 4.72. The van der Waals surface area contributed by atoms with Crippen LogP contribution in [0.3, 0.4) is 0 Å². The number of nitrogens with zero attached hydrogens (tertiary/aromatic N) is 1. The van der Waals surface area contributed by atoms with Crippen LogP contribution in [-0.2, 0) is 14.8 Å². The molecule has 0 bridgehead atoms. The summed E-state index contributed by atoms with van der Waals surface area (Å²) in [4.78, 5) is 9.71. The topological polar surface area (TPSA) is 72.8 Å². The Hall–Kier alpha value is -1.33. The van der Waals surface area contributed by atoms with Gasteiger partial charge in [0, 0.05) is 0 Å². The van der Waals surface area contributed by atoms with Crippen molar-refractivity contribution in [3.63, 3.8) is 0 Å². The van der Waals surface area contributed by atoms with Gasteiger partial charge in [-0.05, 0) is 23.7 Å². The fourth-order valence-corrected chi connectivity index (χ4v) is 1.91. The van der Waals surface area contributed by atoms with Crippen molar-refractivity contribution in [3.8, 4) is 5.75 Å². The zero-order chi connectivity index (χ0) is 12.9. The van der Waals surface area contributed by atoms with E-state index in [4.69, 9.17) is 27.9 Å². The first kappa shape index (κ1) is 13.7. The van der Waals surface area contributed by atoms with E-state index in [1.165, 1.54) is 24.3 Å². The van der Waals surface area contributed by atoms with Crippen LogP contribution in [0.5, 0.6) is 5.75 Å². The van der Waals surface area contributed by atoms with Gasteiger partial charge in [0.15, 0.2) is 0 Å². The summed E-state index contributed by atoms with van der Waals surface area (Å²) >= 11 is 10.8. The molecular weight excluding hydrogens is 289 g/mol. The van der Waals surface area contributed by atoms with Crippen molar-refractivity contribution in [1.29, 1.82) is 0 Å². The lowest BCUT2D eigenvalue weighted by Crippen LogP contribution is -2.00. The van der Waals surface area contributed by atoms with Gasteiger partial charge in [0.1, 0.15) is 10.6 Å². The highest BCUT2D eigenvalue weighted by Crippen LogP contribution is 2.27. The van der Waals surface area contributed by atoms with Gasteiger partial charge in [0.2, 0.25) is 5.22 Å². The normalized spacial score (nSPS) is 11.8. The minimum atomic E-state index is -4.15. The van der Waals surface area contributed by atoms with E-state index < -0.39 is 10.0 Å². The zero-order valence-electron chi connectivity index (χ0n) is 8.13. The number of carbonyl (C=O) groups excluding carboxylic acids is 1. The first-order chi connectivity index (χ1) is 8.01. The van der Waals surface area contributed by atoms with Crippen LogP contribution in [0.25, 0.3) is 0 Å². The fourth-order valence-electron chi connectivity index (χ4n) is 0.973. The van der Waals surface area contributed by atoms with E-state index in [0.717, 1.165) is 11.6 Å². The lowest BCUT2D eigenvalue weighted by atomic mass is 10.3. The number of rotatable bonds is 4. The van der Waals surface area contributed by atoms with E-state index >= 15 is 0 Å². The summed E-state index contributed by atoms with van der Waals surface area (Å²) in [6.07, 6.45) is 0.959. The Morgan fingerprint density at radius 2 is 2.06 bits per heavy atom. The maximum absolute atomic E-state index is 11.5. The smallest absolute Gasteiger partial charge is 0.296 e. The van der Waals surface area contributed by atoms with Gasteiger partial charge in [-0.2, -0.15) is 8.42 Å². The van der Waals surface area contributed by atoms with Gasteiger partial charge < -0.3 is 4.74 Å². The lowest BCUT2D eigenvalue weighted by Gasteiger charge is -2.06. The SMILES string of the molecule is O=C=NS(=O)(=O)c1ccccc1O/C(Cl)=C/Cl. The molecule has 0 saturated heterocycles. The number of sulfonamides is 1. The molecule has 0 saturated carbocycles. The molecule has 5 nitrogen and oxygen atoms in total. The molecule has 0 aromatic heterocycles. The molecule has 1 rings (SSSR count). The Balaban J connectivity index is 3.31. The van der Waals surface area contributed by atoms with Crippen LogP contribution in [0.2, 0.25) is 0 Å². The molecule has 0 heterocycles. The molecule has 0 aliphatic heterocycles. The highest BCUT2D eigenvalue weighted by molar-refractivity contribution is 7.90. The summed E-state index contributed by atoms with van der Waals surface area (Å²) in [5, 5.41) is -0.218. The van der Waals surface area contributed by atoms with Crippen molar-refractivity contribution < 1.29 is 17.9 Å². The van der Waals surface area contributed by atoms with Crippen LogP contribution < -0.4 is 4.74 Å². The summed E-state index contributed by atoms with van der Waals surface area (Å²) in [6.45, 7) is 0. The van der Waals surface area contributed by atoms with Crippen molar-refractivity contribution in [2.45, 2.75) is 4.90 Å². The Morgan fingerprint density at radius 3 is 2.65 bits per heavy atom. The molecule has 17 heavy (non-hydrogen) atoms. The van der Waals surface area contributed by atoms with Gasteiger partial charge >= 0.3 is 0 Å². The van der Waals surface area contributed by atoms with Crippen LogP contribution in [0.4, 0.5) is 0 Å². The summed E-state index contributed by atoms with van der Waals surface area (Å²) in [5.41, 5.74) is 0.925. The molecule has 8 heteroatoms. The van der Waals surface area contributed by atoms with Crippen molar-refractivity contribution in [3.05, 3.63) is 35.0 Å². The van der Waals surface area contributed by atoms with E-state index in [-0.39, 0.29) is 15.9 Å². The largest absolute Gasteiger partial charge is 0.443 e. The molecule has 0 amide bonds.